The molecule has 0 aliphatic carbocycles. The summed E-state index contributed by atoms with van der Waals surface area (Å²) in [6.07, 6.45) is 5.63. The molecule has 2 amide bonds. The summed E-state index contributed by atoms with van der Waals surface area (Å²) >= 11 is 0. The molecule has 4 aromatic carbocycles. The van der Waals surface area contributed by atoms with E-state index in [1.807, 2.05) is 50.2 Å². The Bertz CT molecular complexity index is 2240. The van der Waals surface area contributed by atoms with Crippen LogP contribution >= 0.6 is 0 Å². The first-order valence-electron chi connectivity index (χ1n) is 21.5. The second-order valence-corrected chi connectivity index (χ2v) is 16.3. The van der Waals surface area contributed by atoms with Gasteiger partial charge in [0.2, 0.25) is 0 Å². The number of anilines is 3. The number of amides is 2. The molecule has 0 spiro atoms. The lowest BCUT2D eigenvalue weighted by molar-refractivity contribution is -0.117. The number of methoxy groups -OCH3 is 1. The Hall–Kier alpha value is -5.97. The predicted molar refractivity (Wildman–Crippen MR) is 235 cm³/mol. The third-order valence-corrected chi connectivity index (χ3v) is 11.6. The molecule has 16 heteroatoms. The molecule has 0 radical (unpaired) electrons. The zero-order chi connectivity index (χ0) is 44.6. The minimum Gasteiger partial charge on any atom is -0.504 e. The van der Waals surface area contributed by atoms with E-state index in [9.17, 15) is 18.7 Å². The highest BCUT2D eigenvalue weighted by Crippen LogP contribution is 2.38. The van der Waals surface area contributed by atoms with Crippen LogP contribution in [-0.4, -0.2) is 107 Å². The Labute approximate surface area is 367 Å². The molecule has 1 aromatic heterocycles. The topological polar surface area (TPSA) is 138 Å². The number of urea groups is 1. The van der Waals surface area contributed by atoms with E-state index in [1.54, 1.807) is 34.1 Å². The molecule has 8 rings (SSSR count). The van der Waals surface area contributed by atoms with Crippen LogP contribution in [0, 0.1) is 11.6 Å². The Balaban J connectivity index is 0.000000589. The summed E-state index contributed by atoms with van der Waals surface area (Å²) in [5.74, 6) is -0.0717. The number of unbranched alkanes of at least 4 members (excludes halogenated alkanes) is 2. The number of aromatic nitrogens is 3. The number of nitrogens with zero attached hydrogens (tertiary/aromatic N) is 7. The number of rotatable bonds is 15. The molecule has 3 aliphatic rings. The zero-order valence-electron chi connectivity index (χ0n) is 36.3. The van der Waals surface area contributed by atoms with Crippen LogP contribution in [0.2, 0.25) is 0 Å². The Morgan fingerprint density at radius 2 is 1.57 bits per heavy atom. The molecule has 5 aromatic rings. The molecule has 3 fully saturated rings. The maximum atomic E-state index is 14.9. The van der Waals surface area contributed by atoms with E-state index >= 15 is 0 Å². The number of piperazine rings is 1. The summed E-state index contributed by atoms with van der Waals surface area (Å²) in [6.45, 7) is 9.86. The van der Waals surface area contributed by atoms with Crippen LogP contribution in [0.15, 0.2) is 104 Å². The number of phenolic OH excluding ortho intramolecular Hbond substituents is 1. The van der Waals surface area contributed by atoms with E-state index in [0.717, 1.165) is 68.6 Å². The molecule has 4 heterocycles. The lowest BCUT2D eigenvalue weighted by Crippen LogP contribution is -2.50. The first-order valence-corrected chi connectivity index (χ1v) is 21.5. The highest BCUT2D eigenvalue weighted by atomic mass is 19.1. The van der Waals surface area contributed by atoms with Crippen molar-refractivity contribution in [3.8, 4) is 17.2 Å². The molecule has 63 heavy (non-hydrogen) atoms. The number of hydrogen-bond acceptors (Lipinski definition) is 11. The van der Waals surface area contributed by atoms with Gasteiger partial charge in [-0.3, -0.25) is 9.80 Å². The van der Waals surface area contributed by atoms with Crippen molar-refractivity contribution in [3.63, 3.8) is 0 Å². The summed E-state index contributed by atoms with van der Waals surface area (Å²) in [5.41, 5.74) is 0.734. The van der Waals surface area contributed by atoms with Crippen LogP contribution in [0.5, 0.6) is 17.2 Å². The van der Waals surface area contributed by atoms with Crippen LogP contribution in [0.4, 0.5) is 30.6 Å². The van der Waals surface area contributed by atoms with Crippen molar-refractivity contribution in [1.29, 1.82) is 0 Å². The van der Waals surface area contributed by atoms with Gasteiger partial charge in [0.25, 0.3) is 0 Å². The summed E-state index contributed by atoms with van der Waals surface area (Å²) in [6, 6.07) is 25.9. The van der Waals surface area contributed by atoms with Gasteiger partial charge in [-0.2, -0.15) is 5.10 Å². The molecule has 3 atom stereocenters. The Morgan fingerprint density at radius 3 is 2.16 bits per heavy atom. The second-order valence-electron chi connectivity index (χ2n) is 16.3. The van der Waals surface area contributed by atoms with Crippen molar-refractivity contribution < 1.29 is 42.7 Å². The molecular weight excluding hydrogens is 813 g/mol. The lowest BCUT2D eigenvalue weighted by Gasteiger charge is -2.37. The molecule has 3 saturated heterocycles. The quantitative estimate of drug-likeness (QED) is 0.101. The van der Waals surface area contributed by atoms with E-state index < -0.39 is 29.3 Å². The largest absolute Gasteiger partial charge is 0.504 e. The first kappa shape index (κ1) is 45.1. The van der Waals surface area contributed by atoms with Gasteiger partial charge in [0.15, 0.2) is 23.5 Å². The summed E-state index contributed by atoms with van der Waals surface area (Å²) in [4.78, 5) is 25.4. The number of carbonyl (C=O) groups is 1. The van der Waals surface area contributed by atoms with Gasteiger partial charge in [-0.25, -0.2) is 23.2 Å². The molecule has 0 bridgehead atoms. The molecule has 2 N–H and O–H groups in total. The van der Waals surface area contributed by atoms with Crippen LogP contribution in [-0.2, 0) is 21.6 Å². The van der Waals surface area contributed by atoms with Gasteiger partial charge in [-0.05, 0) is 93.4 Å². The van der Waals surface area contributed by atoms with Crippen LogP contribution in [0.25, 0.3) is 0 Å². The summed E-state index contributed by atoms with van der Waals surface area (Å²) in [5, 5.41) is 24.6. The SMILES string of the molecule is CCCCCC1(O)CN(c2ccc(N3CCN(c4ccc(OC[C@H]5OC[C@](Cn6cncn6)(c6ccc(F)cc6F)O5)cc4)CC3)cc2)C(=O)N1C(C)C.COc1ccccc1O. The van der Waals surface area contributed by atoms with Gasteiger partial charge < -0.3 is 39.0 Å². The number of aromatic hydroxyl groups is 1. The standard InChI is InChI=1S/C40H49F2N7O5.C7H8O2/c1-4-5-6-17-40(51)25-48(38(50)49(40)29(2)3)33-10-8-31(9-11-33)45-18-20-46(21-19-45)32-12-14-34(15-13-32)52-23-37-53-26-39(54-37,24-47-28-43-27-44-47)35-16-7-30(41)22-36(35)42;1-9-7-5-3-2-4-6(7)8/h7-16,22,27-29,37,51H,4-6,17-21,23-26H2,1-3H3;2-5,8H,1H3/t37-,39+,40?;/m0./s1. The molecule has 336 valence electrons. The number of halogens is 2. The number of para-hydroxylation sites is 2. The fourth-order valence-electron chi connectivity index (χ4n) is 8.45. The first-order chi connectivity index (χ1) is 30.4. The highest BCUT2D eigenvalue weighted by Gasteiger charge is 2.50. The zero-order valence-corrected chi connectivity index (χ0v) is 36.3. The van der Waals surface area contributed by atoms with Gasteiger partial charge in [0.1, 0.15) is 42.2 Å². The Morgan fingerprint density at radius 1 is 0.905 bits per heavy atom. The number of β-amino-alcohol motifs (C(OH)–C–C–N with tert-alkyl or cyclic N) is 1. The fraction of sp³-hybridized carbons (Fsp3) is 0.426. The van der Waals surface area contributed by atoms with Gasteiger partial charge in [0, 0.05) is 60.9 Å². The number of ether oxygens (including phenoxy) is 4. The summed E-state index contributed by atoms with van der Waals surface area (Å²) in [7, 11) is 1.52. The average Bonchev–Trinajstić information content (AvgIpc) is 4.02. The van der Waals surface area contributed by atoms with E-state index in [-0.39, 0.29) is 49.7 Å². The molecular formula is C47H57F2N7O7. The Kier molecular flexibility index (Phi) is 14.3. The van der Waals surface area contributed by atoms with Crippen molar-refractivity contribution >= 4 is 23.1 Å². The average molecular weight is 870 g/mol. The van der Waals surface area contributed by atoms with Gasteiger partial charge >= 0.3 is 6.03 Å². The van der Waals surface area contributed by atoms with Crippen molar-refractivity contribution in [2.45, 2.75) is 76.7 Å². The number of carbonyl (C=O) groups excluding carboxylic acids is 1. The van der Waals surface area contributed by atoms with E-state index in [1.165, 1.54) is 36.6 Å². The fourth-order valence-corrected chi connectivity index (χ4v) is 8.45. The predicted octanol–water partition coefficient (Wildman–Crippen LogP) is 7.55. The monoisotopic (exact) mass is 869 g/mol. The van der Waals surface area contributed by atoms with Crippen LogP contribution in [0.3, 0.4) is 0 Å². The summed E-state index contributed by atoms with van der Waals surface area (Å²) < 4.78 is 53.2. The number of hydrogen-bond donors (Lipinski definition) is 2. The third kappa shape index (κ3) is 10.5. The van der Waals surface area contributed by atoms with Gasteiger partial charge in [-0.1, -0.05) is 38.0 Å². The normalized spacial score (nSPS) is 21.2. The highest BCUT2D eigenvalue weighted by molar-refractivity contribution is 5.95. The van der Waals surface area contributed by atoms with Crippen LogP contribution in [0.1, 0.15) is 52.0 Å². The molecule has 3 aliphatic heterocycles. The van der Waals surface area contributed by atoms with E-state index in [2.05, 4.69) is 38.9 Å². The second kappa shape index (κ2) is 20.0. The minimum atomic E-state index is -1.24. The maximum Gasteiger partial charge on any atom is 0.327 e. The minimum absolute atomic E-state index is 0.0250. The third-order valence-electron chi connectivity index (χ3n) is 11.6. The van der Waals surface area contributed by atoms with Crippen molar-refractivity contribution in [3.05, 3.63) is 121 Å². The molecule has 14 nitrogen and oxygen atoms in total. The van der Waals surface area contributed by atoms with Crippen molar-refractivity contribution in [1.82, 2.24) is 19.7 Å². The van der Waals surface area contributed by atoms with Crippen molar-refractivity contribution in [2.75, 3.05) is 67.7 Å². The van der Waals surface area contributed by atoms with Gasteiger partial charge in [-0.15, -0.1) is 0 Å². The smallest absolute Gasteiger partial charge is 0.327 e. The molecule has 0 saturated carbocycles. The van der Waals surface area contributed by atoms with Crippen molar-refractivity contribution in [2.24, 2.45) is 0 Å². The van der Waals surface area contributed by atoms with E-state index in [0.29, 0.717) is 17.9 Å². The maximum absolute atomic E-state index is 14.9. The van der Waals surface area contributed by atoms with Crippen LogP contribution < -0.4 is 24.2 Å². The van der Waals surface area contributed by atoms with E-state index in [4.69, 9.17) is 24.1 Å². The number of phenols is 1. The molecule has 1 unspecified atom stereocenters. The number of benzene rings is 4. The van der Waals surface area contributed by atoms with Gasteiger partial charge in [0.05, 0.1) is 26.8 Å². The lowest BCUT2D eigenvalue weighted by atomic mass is 9.94. The number of aliphatic hydroxyl groups is 1.